The van der Waals surface area contributed by atoms with Crippen molar-refractivity contribution in [3.8, 4) is 5.88 Å². The predicted octanol–water partition coefficient (Wildman–Crippen LogP) is 4.65. The summed E-state index contributed by atoms with van der Waals surface area (Å²) in [5.41, 5.74) is 0.639. The molecule has 0 saturated carbocycles. The zero-order valence-electron chi connectivity index (χ0n) is 12.3. The molecule has 9 heteroatoms. The van der Waals surface area contributed by atoms with Crippen molar-refractivity contribution in [2.75, 3.05) is 0 Å². The number of aryl methyl sites for hydroxylation is 1. The number of hydrogen-bond donors (Lipinski definition) is 0. The predicted molar refractivity (Wildman–Crippen MR) is 94.6 cm³/mol. The second-order valence-corrected chi connectivity index (χ2v) is 7.38. The molecule has 124 valence electrons. The minimum Gasteiger partial charge on any atom is -0.470 e. The van der Waals surface area contributed by atoms with Gasteiger partial charge >= 0.3 is 0 Å². The van der Waals surface area contributed by atoms with Gasteiger partial charge in [0, 0.05) is 17.6 Å². The Morgan fingerprint density at radius 3 is 2.71 bits per heavy atom. The van der Waals surface area contributed by atoms with Gasteiger partial charge in [-0.05, 0) is 18.2 Å². The van der Waals surface area contributed by atoms with E-state index >= 15 is 0 Å². The van der Waals surface area contributed by atoms with E-state index < -0.39 is 0 Å². The van der Waals surface area contributed by atoms with Gasteiger partial charge in [0.2, 0.25) is 11.7 Å². The highest BCUT2D eigenvalue weighted by atomic mass is 35.5. The van der Waals surface area contributed by atoms with Crippen molar-refractivity contribution in [1.29, 1.82) is 0 Å². The summed E-state index contributed by atoms with van der Waals surface area (Å²) in [7, 11) is 1.68. The maximum atomic E-state index is 12.7. The van der Waals surface area contributed by atoms with E-state index in [4.69, 9.17) is 39.5 Å². The highest BCUT2D eigenvalue weighted by Gasteiger charge is 2.21. The molecule has 0 fully saturated rings. The van der Waals surface area contributed by atoms with E-state index in [2.05, 4.69) is 10.1 Å². The van der Waals surface area contributed by atoms with Crippen molar-refractivity contribution in [2.24, 2.45) is 7.05 Å². The van der Waals surface area contributed by atoms with E-state index in [1.54, 1.807) is 25.4 Å². The van der Waals surface area contributed by atoms with Gasteiger partial charge in [0.05, 0.1) is 17.4 Å². The first-order valence-corrected chi connectivity index (χ1v) is 8.65. The van der Waals surface area contributed by atoms with Crippen LogP contribution in [0.15, 0.2) is 30.6 Å². The number of halogens is 3. The minimum absolute atomic E-state index is 0.186. The first-order valence-electron chi connectivity index (χ1n) is 6.70. The molecule has 0 saturated heterocycles. The maximum absolute atomic E-state index is 12.7. The number of thiazole rings is 1. The second-order valence-electron chi connectivity index (χ2n) is 4.79. The van der Waals surface area contributed by atoms with Crippen molar-refractivity contribution < 1.29 is 9.53 Å². The molecule has 0 aliphatic rings. The van der Waals surface area contributed by atoms with Gasteiger partial charge in [-0.2, -0.15) is 5.10 Å². The first-order chi connectivity index (χ1) is 11.5. The van der Waals surface area contributed by atoms with E-state index in [1.807, 2.05) is 0 Å². The van der Waals surface area contributed by atoms with Crippen LogP contribution in [0.25, 0.3) is 0 Å². The number of carbonyl (C=O) groups excluding carboxylic acids is 1. The molecule has 3 aromatic rings. The summed E-state index contributed by atoms with van der Waals surface area (Å²) in [6.45, 7) is 0.186. The molecule has 24 heavy (non-hydrogen) atoms. The Balaban J connectivity index is 1.87. The molecular weight excluding hydrogens is 393 g/mol. The van der Waals surface area contributed by atoms with E-state index in [-0.39, 0.29) is 17.4 Å². The molecule has 0 spiro atoms. The molecule has 2 aromatic heterocycles. The third kappa shape index (κ3) is 3.57. The summed E-state index contributed by atoms with van der Waals surface area (Å²) in [6, 6.07) is 4.70. The lowest BCUT2D eigenvalue weighted by atomic mass is 10.1. The number of aromatic nitrogens is 3. The van der Waals surface area contributed by atoms with E-state index in [9.17, 15) is 4.79 Å². The molecule has 5 nitrogen and oxygen atoms in total. The van der Waals surface area contributed by atoms with Crippen LogP contribution in [-0.2, 0) is 13.7 Å². The number of benzene rings is 1. The third-order valence-electron chi connectivity index (χ3n) is 3.16. The molecule has 3 rings (SSSR count). The van der Waals surface area contributed by atoms with Gasteiger partial charge in [-0.15, -0.1) is 11.3 Å². The average Bonchev–Trinajstić information content (AvgIpc) is 3.10. The van der Waals surface area contributed by atoms with Gasteiger partial charge in [-0.3, -0.25) is 4.79 Å². The largest absolute Gasteiger partial charge is 0.470 e. The normalized spacial score (nSPS) is 10.8. The minimum atomic E-state index is -0.295. The Kier molecular flexibility index (Phi) is 5.10. The van der Waals surface area contributed by atoms with E-state index in [1.165, 1.54) is 28.3 Å². The number of ketones is 1. The molecule has 0 unspecified atom stereocenters. The fourth-order valence-corrected chi connectivity index (χ4v) is 3.42. The van der Waals surface area contributed by atoms with E-state index in [0.717, 1.165) is 0 Å². The molecule has 2 heterocycles. The van der Waals surface area contributed by atoms with Gasteiger partial charge in [0.25, 0.3) is 0 Å². The molecule has 0 aliphatic heterocycles. The molecule has 0 aliphatic carbocycles. The molecule has 0 atom stereocenters. The number of carbonyl (C=O) groups is 1. The average molecular weight is 403 g/mol. The van der Waals surface area contributed by atoms with Gasteiger partial charge < -0.3 is 4.74 Å². The van der Waals surface area contributed by atoms with Crippen LogP contribution in [0.3, 0.4) is 0 Å². The number of ether oxygens (including phenoxy) is 1. The van der Waals surface area contributed by atoms with E-state index in [0.29, 0.717) is 31.4 Å². The van der Waals surface area contributed by atoms with Gasteiger partial charge in [0.1, 0.15) is 21.5 Å². The fraction of sp³-hybridized carbons (Fsp3) is 0.133. The quantitative estimate of drug-likeness (QED) is 0.583. The summed E-state index contributed by atoms with van der Waals surface area (Å²) < 4.78 is 7.76. The van der Waals surface area contributed by atoms with Crippen LogP contribution in [0.1, 0.15) is 20.9 Å². The lowest BCUT2D eigenvalue weighted by Crippen LogP contribution is -2.07. The first kappa shape index (κ1) is 17.2. The Morgan fingerprint density at radius 1 is 1.25 bits per heavy atom. The monoisotopic (exact) mass is 401 g/mol. The second kappa shape index (κ2) is 7.11. The molecular formula is C15H10Cl3N3O2S. The van der Waals surface area contributed by atoms with Crippen LogP contribution in [0.4, 0.5) is 0 Å². The Labute approximate surface area is 156 Å². The topological polar surface area (TPSA) is 57.0 Å². The molecule has 1 aromatic carbocycles. The zero-order valence-corrected chi connectivity index (χ0v) is 15.4. The molecule has 0 bridgehead atoms. The maximum Gasteiger partial charge on any atom is 0.223 e. The van der Waals surface area contributed by atoms with Crippen molar-refractivity contribution in [3.63, 3.8) is 0 Å². The fourth-order valence-electron chi connectivity index (χ4n) is 2.06. The lowest BCUT2D eigenvalue weighted by molar-refractivity contribution is 0.103. The van der Waals surface area contributed by atoms with Crippen molar-refractivity contribution in [3.05, 3.63) is 61.1 Å². The highest BCUT2D eigenvalue weighted by Crippen LogP contribution is 2.28. The van der Waals surface area contributed by atoms with Crippen molar-refractivity contribution >= 4 is 51.9 Å². The summed E-state index contributed by atoms with van der Waals surface area (Å²) in [5, 5.41) is 5.52. The molecule has 0 N–H and O–H groups in total. The number of nitrogens with zero attached hydrogens (tertiary/aromatic N) is 3. The Morgan fingerprint density at radius 2 is 2.04 bits per heavy atom. The lowest BCUT2D eigenvalue weighted by Gasteiger charge is -2.08. The summed E-state index contributed by atoms with van der Waals surface area (Å²) in [6.07, 6.45) is 2.99. The zero-order chi connectivity index (χ0) is 17.3. The summed E-state index contributed by atoms with van der Waals surface area (Å²) >= 11 is 19.1. The Bertz CT molecular complexity index is 907. The third-order valence-corrected chi connectivity index (χ3v) is 4.80. The van der Waals surface area contributed by atoms with Crippen LogP contribution in [0.5, 0.6) is 5.88 Å². The number of rotatable bonds is 5. The summed E-state index contributed by atoms with van der Waals surface area (Å²) in [4.78, 5) is 16.8. The number of hydrogen-bond acceptors (Lipinski definition) is 5. The van der Waals surface area contributed by atoms with Gasteiger partial charge in [-0.25, -0.2) is 9.67 Å². The van der Waals surface area contributed by atoms with Gasteiger partial charge in [0.15, 0.2) is 0 Å². The van der Waals surface area contributed by atoms with Crippen molar-refractivity contribution in [2.45, 2.75) is 6.61 Å². The van der Waals surface area contributed by atoms with Crippen molar-refractivity contribution in [1.82, 2.24) is 14.8 Å². The van der Waals surface area contributed by atoms with Crippen LogP contribution in [0.2, 0.25) is 14.4 Å². The SMILES string of the molecule is Cn1ncc(C(=O)c2ccc(Cl)cc2Cl)c1OCc1ncc(Cl)s1. The standard InChI is InChI=1S/C15H10Cl3N3O2S/c1-21-15(23-7-13-19-6-12(18)24-13)10(5-20-21)14(22)9-3-2-8(16)4-11(9)17/h2-6H,7H2,1H3. The molecule has 0 amide bonds. The van der Waals surface area contributed by atoms with Crippen LogP contribution in [0, 0.1) is 0 Å². The van der Waals surface area contributed by atoms with Crippen LogP contribution in [-0.4, -0.2) is 20.5 Å². The molecule has 0 radical (unpaired) electrons. The smallest absolute Gasteiger partial charge is 0.223 e. The van der Waals surface area contributed by atoms with Crippen LogP contribution < -0.4 is 4.74 Å². The summed E-state index contributed by atoms with van der Waals surface area (Å²) in [5.74, 6) is 0.0364. The van der Waals surface area contributed by atoms with Crippen LogP contribution >= 0.6 is 46.1 Å². The Hall–Kier alpha value is -1.60. The van der Waals surface area contributed by atoms with Gasteiger partial charge in [-0.1, -0.05) is 34.8 Å². The highest BCUT2D eigenvalue weighted by molar-refractivity contribution is 7.15.